The van der Waals surface area contributed by atoms with Gasteiger partial charge in [-0.15, -0.1) is 0 Å². The summed E-state index contributed by atoms with van der Waals surface area (Å²) in [6.07, 6.45) is 93.1. The molecule has 0 aromatic carbocycles. The third-order valence-corrected chi connectivity index (χ3v) is 16.7. The zero-order valence-electron chi connectivity index (χ0n) is 63.6. The van der Waals surface area contributed by atoms with E-state index in [0.29, 0.717) is 38.5 Å². The van der Waals surface area contributed by atoms with E-state index in [-0.39, 0.29) is 25.7 Å². The number of carbonyl (C=O) groups is 4. The molecule has 3 N–H and O–H groups in total. The molecule has 0 saturated heterocycles. The molecule has 0 spiro atoms. The van der Waals surface area contributed by atoms with Gasteiger partial charge < -0.3 is 33.8 Å². The van der Waals surface area contributed by atoms with Crippen molar-refractivity contribution in [3.8, 4) is 0 Å². The maximum Gasteiger partial charge on any atom is 0.472 e. The summed E-state index contributed by atoms with van der Waals surface area (Å²) in [6.45, 7) is 4.18. The zero-order chi connectivity index (χ0) is 76.0. The molecule has 0 bridgehead atoms. The van der Waals surface area contributed by atoms with Crippen molar-refractivity contribution >= 4 is 39.5 Å². The number of carbonyl (C=O) groups excluding carboxylic acids is 4. The summed E-state index contributed by atoms with van der Waals surface area (Å²) in [6, 6.07) is 0. The van der Waals surface area contributed by atoms with Crippen molar-refractivity contribution in [2.75, 3.05) is 39.6 Å². The first kappa shape index (κ1) is 97.6. The molecular formula is C85H132O17P2. The van der Waals surface area contributed by atoms with Gasteiger partial charge in [-0.1, -0.05) is 273 Å². The third kappa shape index (κ3) is 73.9. The summed E-state index contributed by atoms with van der Waals surface area (Å²) in [5.41, 5.74) is 0. The van der Waals surface area contributed by atoms with E-state index >= 15 is 0 Å². The minimum Gasteiger partial charge on any atom is -0.462 e. The summed E-state index contributed by atoms with van der Waals surface area (Å²) in [5.74, 6) is -2.53. The summed E-state index contributed by atoms with van der Waals surface area (Å²) < 4.78 is 68.2. The SMILES string of the molecule is CC/C=C\C/C=C\C/C=C\C/C=C\C/C=C\C/C=C\CCC(=O)OCC(COP(=O)(O)OCC(O)COP(=O)(O)OCC(COC(=O)CCC/C=C\C/C=C\C/C=C\C/C=C\C/C=C\CC)OC(=O)CCCCCCC/C=C\CCCCCC)OC(=O)C/C=C\C/C=C\C/C=C\C/C=C\C/C=C\CC. The van der Waals surface area contributed by atoms with E-state index in [1.54, 1.807) is 12.2 Å². The normalized spacial score (nSPS) is 15.0. The highest BCUT2D eigenvalue weighted by Gasteiger charge is 2.30. The summed E-state index contributed by atoms with van der Waals surface area (Å²) in [7, 11) is -10.0. The number of phosphoric ester groups is 2. The van der Waals surface area contributed by atoms with E-state index in [1.165, 1.54) is 25.7 Å². The van der Waals surface area contributed by atoms with Crippen LogP contribution in [-0.2, 0) is 65.4 Å². The van der Waals surface area contributed by atoms with E-state index < -0.39 is 97.5 Å². The second-order valence-electron chi connectivity index (χ2n) is 24.5. The summed E-state index contributed by atoms with van der Waals surface area (Å²) in [5, 5.41) is 10.6. The maximum absolute atomic E-state index is 13.1. The Bertz CT molecular complexity index is 2790. The van der Waals surface area contributed by atoms with Gasteiger partial charge in [0.05, 0.1) is 32.8 Å². The minimum absolute atomic E-state index is 0.00665. The predicted octanol–water partition coefficient (Wildman–Crippen LogP) is 22.3. The third-order valence-electron chi connectivity index (χ3n) is 14.8. The Morgan fingerprint density at radius 2 is 0.567 bits per heavy atom. The van der Waals surface area contributed by atoms with Crippen LogP contribution in [0.3, 0.4) is 0 Å². The average molecular weight is 1490 g/mol. The smallest absolute Gasteiger partial charge is 0.462 e. The molecule has 0 saturated carbocycles. The molecular weight excluding hydrogens is 1350 g/mol. The number of aliphatic hydroxyl groups excluding tert-OH is 1. The van der Waals surface area contributed by atoms with Crippen molar-refractivity contribution in [1.29, 1.82) is 0 Å². The lowest BCUT2D eigenvalue weighted by Gasteiger charge is -2.21. The largest absolute Gasteiger partial charge is 0.472 e. The molecule has 0 aliphatic rings. The van der Waals surface area contributed by atoms with Gasteiger partial charge in [-0.05, 0) is 154 Å². The molecule has 0 aromatic heterocycles. The van der Waals surface area contributed by atoms with Crippen LogP contribution in [0.4, 0.5) is 0 Å². The molecule has 0 aliphatic carbocycles. The monoisotopic (exact) mass is 1490 g/mol. The number of unbranched alkanes of at least 4 members (excludes halogenated alkanes) is 10. The van der Waals surface area contributed by atoms with Gasteiger partial charge in [0, 0.05) is 19.3 Å². The Balaban J connectivity index is 5.56. The van der Waals surface area contributed by atoms with Gasteiger partial charge in [0.2, 0.25) is 0 Å². The first-order valence-electron chi connectivity index (χ1n) is 38.3. The Kier molecular flexibility index (Phi) is 70.3. The van der Waals surface area contributed by atoms with Gasteiger partial charge in [0.1, 0.15) is 19.3 Å². The first-order valence-corrected chi connectivity index (χ1v) is 41.3. The van der Waals surface area contributed by atoms with E-state index in [2.05, 4.69) is 180 Å². The van der Waals surface area contributed by atoms with Crippen LogP contribution in [-0.4, -0.2) is 96.7 Å². The number of esters is 4. The zero-order valence-corrected chi connectivity index (χ0v) is 65.4. The minimum atomic E-state index is -5.03. The lowest BCUT2D eigenvalue weighted by Crippen LogP contribution is -2.30. The van der Waals surface area contributed by atoms with Crippen molar-refractivity contribution in [2.24, 2.45) is 0 Å². The van der Waals surface area contributed by atoms with Gasteiger partial charge >= 0.3 is 39.5 Å². The van der Waals surface area contributed by atoms with Crippen molar-refractivity contribution < 1.29 is 80.2 Å². The van der Waals surface area contributed by atoms with Crippen molar-refractivity contribution in [2.45, 2.75) is 264 Å². The van der Waals surface area contributed by atoms with Crippen LogP contribution in [0, 0.1) is 0 Å². The van der Waals surface area contributed by atoms with Gasteiger partial charge in [0.25, 0.3) is 0 Å². The van der Waals surface area contributed by atoms with Crippen molar-refractivity contribution in [3.05, 3.63) is 207 Å². The molecule has 0 aromatic rings. The fraction of sp³-hybridized carbons (Fsp3) is 0.553. The number of ether oxygens (including phenoxy) is 4. The van der Waals surface area contributed by atoms with E-state index in [0.717, 1.165) is 128 Å². The van der Waals surface area contributed by atoms with E-state index in [9.17, 15) is 43.2 Å². The molecule has 17 nitrogen and oxygen atoms in total. The number of rotatable bonds is 69. The number of allylic oxidation sites excluding steroid dienone is 33. The molecule has 0 radical (unpaired) electrons. The molecule has 584 valence electrons. The van der Waals surface area contributed by atoms with Crippen LogP contribution in [0.25, 0.3) is 0 Å². The molecule has 5 unspecified atom stereocenters. The number of phosphoric acid groups is 2. The van der Waals surface area contributed by atoms with E-state index in [1.807, 2.05) is 42.5 Å². The molecule has 5 atom stereocenters. The lowest BCUT2D eigenvalue weighted by atomic mass is 10.1. The standard InChI is InChI=1S/C85H132O17P2/c1-5-9-13-17-21-25-29-33-36-38-39-41-44-47-50-54-58-62-66-70-83(88)96-76-81(102-85(90)72-68-64-60-56-52-48-42-35-31-27-23-19-15-11-7-3)78-100-104(93,94)98-74-79(86)73-97-103(91,92)99-77-80(101-84(89)71-67-63-59-55-51-45-32-28-24-20-16-12-8-4)75-95-82(87)69-65-61-57-53-49-46-43-40-37-34-30-26-22-18-14-10-6-2/h9-11,13-15,21-23,25-28,32-37,39,41-43,46-47,50,52-53,56-58,62,64,68,79-81,86H,5-8,12,16-20,24,29-31,38,40,44-45,48-49,51,54-55,59-61,63,65-67,69-78H2,1-4H3,(H,91,92)(H,93,94)/b13-9-,14-10-,15-11-,25-21-,26-22-,27-23-,32-28-,36-33-,37-34-,41-39-,42-35-,46-43-,50-47-,56-52-,57-53-,62-58-,68-64-. The molecule has 19 heteroatoms. The quantitative estimate of drug-likeness (QED) is 0.0169. The van der Waals surface area contributed by atoms with Gasteiger partial charge in [0.15, 0.2) is 12.2 Å². The number of aliphatic hydroxyl groups is 1. The Labute approximate surface area is 627 Å². The Morgan fingerprint density at radius 3 is 0.952 bits per heavy atom. The maximum atomic E-state index is 13.1. The fourth-order valence-corrected chi connectivity index (χ4v) is 10.6. The van der Waals surface area contributed by atoms with Gasteiger partial charge in [-0.3, -0.25) is 37.3 Å². The van der Waals surface area contributed by atoms with Gasteiger partial charge in [-0.25, -0.2) is 9.13 Å². The predicted molar refractivity (Wildman–Crippen MR) is 426 cm³/mol. The van der Waals surface area contributed by atoms with Crippen LogP contribution in [0.15, 0.2) is 207 Å². The molecule has 0 amide bonds. The van der Waals surface area contributed by atoms with Crippen LogP contribution in [0.1, 0.15) is 246 Å². The van der Waals surface area contributed by atoms with Gasteiger partial charge in [-0.2, -0.15) is 0 Å². The molecule has 0 rings (SSSR count). The molecule has 0 aliphatic heterocycles. The number of hydrogen-bond donors (Lipinski definition) is 3. The Morgan fingerprint density at radius 1 is 0.288 bits per heavy atom. The second-order valence-corrected chi connectivity index (χ2v) is 27.4. The number of hydrogen-bond acceptors (Lipinski definition) is 15. The highest BCUT2D eigenvalue weighted by Crippen LogP contribution is 2.45. The highest BCUT2D eigenvalue weighted by atomic mass is 31.2. The molecule has 0 fully saturated rings. The van der Waals surface area contributed by atoms with E-state index in [4.69, 9.17) is 37.0 Å². The average Bonchev–Trinajstić information content (AvgIpc) is 0.911. The van der Waals surface area contributed by atoms with Crippen molar-refractivity contribution in [1.82, 2.24) is 0 Å². The topological polar surface area (TPSA) is 237 Å². The molecule has 104 heavy (non-hydrogen) atoms. The van der Waals surface area contributed by atoms with Crippen LogP contribution >= 0.6 is 15.6 Å². The van der Waals surface area contributed by atoms with Crippen molar-refractivity contribution in [3.63, 3.8) is 0 Å². The second kappa shape index (κ2) is 74.9. The Hall–Kier alpha value is -6.36. The lowest BCUT2D eigenvalue weighted by molar-refractivity contribution is -0.161. The highest BCUT2D eigenvalue weighted by molar-refractivity contribution is 7.47. The summed E-state index contributed by atoms with van der Waals surface area (Å²) in [4.78, 5) is 72.8. The molecule has 0 heterocycles. The van der Waals surface area contributed by atoms with Crippen LogP contribution in [0.2, 0.25) is 0 Å². The van der Waals surface area contributed by atoms with Crippen LogP contribution < -0.4 is 0 Å². The van der Waals surface area contributed by atoms with Crippen LogP contribution in [0.5, 0.6) is 0 Å². The fourth-order valence-electron chi connectivity index (χ4n) is 9.06. The summed E-state index contributed by atoms with van der Waals surface area (Å²) >= 11 is 0. The first-order chi connectivity index (χ1) is 50.7.